The Morgan fingerprint density at radius 3 is 2.11 bits per heavy atom. The summed E-state index contributed by atoms with van der Waals surface area (Å²) in [7, 11) is 0. The molecule has 6 nitrogen and oxygen atoms in total. The lowest BCUT2D eigenvalue weighted by Crippen LogP contribution is -2.49. The van der Waals surface area contributed by atoms with Crippen LogP contribution in [0.3, 0.4) is 0 Å². The van der Waals surface area contributed by atoms with Crippen LogP contribution < -0.4 is 5.32 Å². The maximum Gasteiger partial charge on any atom is 0.321 e. The standard InChI is InChI=1S/C29H32F2N4O2/c30-25-11-12-27(26(31)21-25)32-29(37)35(15-13-23-7-3-1-4-8-23)16-14-28(36)34-19-17-33(18-20-34)22-24-9-5-2-6-10-24/h1-12,21H,13-20,22H2,(H,32,37). The van der Waals surface area contributed by atoms with E-state index < -0.39 is 17.7 Å². The average molecular weight is 507 g/mol. The zero-order chi connectivity index (χ0) is 26.0. The number of benzene rings is 3. The summed E-state index contributed by atoms with van der Waals surface area (Å²) in [6.07, 6.45) is 0.763. The van der Waals surface area contributed by atoms with Crippen molar-refractivity contribution in [3.63, 3.8) is 0 Å². The normalized spacial score (nSPS) is 13.8. The van der Waals surface area contributed by atoms with E-state index >= 15 is 0 Å². The zero-order valence-corrected chi connectivity index (χ0v) is 20.8. The molecule has 0 atom stereocenters. The number of hydrogen-bond acceptors (Lipinski definition) is 3. The lowest BCUT2D eigenvalue weighted by atomic mass is 10.1. The third-order valence-corrected chi connectivity index (χ3v) is 6.54. The molecule has 0 radical (unpaired) electrons. The number of rotatable bonds is 9. The number of piperazine rings is 1. The van der Waals surface area contributed by atoms with Crippen LogP contribution in [-0.2, 0) is 17.8 Å². The van der Waals surface area contributed by atoms with Crippen LogP contribution in [0.15, 0.2) is 78.9 Å². The van der Waals surface area contributed by atoms with E-state index in [4.69, 9.17) is 0 Å². The topological polar surface area (TPSA) is 55.9 Å². The first-order chi connectivity index (χ1) is 18.0. The highest BCUT2D eigenvalue weighted by Crippen LogP contribution is 2.16. The summed E-state index contributed by atoms with van der Waals surface area (Å²) in [6.45, 7) is 4.29. The molecule has 3 aromatic rings. The van der Waals surface area contributed by atoms with Gasteiger partial charge in [-0.2, -0.15) is 0 Å². The smallest absolute Gasteiger partial charge is 0.321 e. The van der Waals surface area contributed by atoms with Crippen molar-refractivity contribution in [3.8, 4) is 0 Å². The largest absolute Gasteiger partial charge is 0.340 e. The van der Waals surface area contributed by atoms with Crippen molar-refractivity contribution >= 4 is 17.6 Å². The Kier molecular flexibility index (Phi) is 9.21. The van der Waals surface area contributed by atoms with Crippen LogP contribution in [-0.4, -0.2) is 65.9 Å². The predicted octanol–water partition coefficient (Wildman–Crippen LogP) is 4.78. The Bertz CT molecular complexity index is 1170. The number of halogens is 2. The van der Waals surface area contributed by atoms with E-state index in [2.05, 4.69) is 22.3 Å². The minimum atomic E-state index is -0.846. The van der Waals surface area contributed by atoms with Gasteiger partial charge in [-0.1, -0.05) is 60.7 Å². The number of carbonyl (C=O) groups excluding carboxylic acids is 2. The lowest BCUT2D eigenvalue weighted by molar-refractivity contribution is -0.133. The maximum atomic E-state index is 14.1. The van der Waals surface area contributed by atoms with E-state index in [1.54, 1.807) is 0 Å². The number of nitrogens with zero attached hydrogens (tertiary/aromatic N) is 3. The van der Waals surface area contributed by atoms with Gasteiger partial charge in [0.25, 0.3) is 0 Å². The van der Waals surface area contributed by atoms with Crippen molar-refractivity contribution in [1.82, 2.24) is 14.7 Å². The molecule has 0 spiro atoms. The molecule has 0 aliphatic carbocycles. The third kappa shape index (κ3) is 7.85. The van der Waals surface area contributed by atoms with Crippen LogP contribution in [0.4, 0.5) is 19.3 Å². The quantitative estimate of drug-likeness (QED) is 0.455. The van der Waals surface area contributed by atoms with Crippen molar-refractivity contribution in [2.45, 2.75) is 19.4 Å². The fraction of sp³-hybridized carbons (Fsp3) is 0.310. The third-order valence-electron chi connectivity index (χ3n) is 6.54. The molecule has 1 fully saturated rings. The summed E-state index contributed by atoms with van der Waals surface area (Å²) in [6, 6.07) is 22.4. The lowest BCUT2D eigenvalue weighted by Gasteiger charge is -2.35. The molecule has 0 unspecified atom stereocenters. The molecule has 37 heavy (non-hydrogen) atoms. The predicted molar refractivity (Wildman–Crippen MR) is 140 cm³/mol. The second-order valence-corrected chi connectivity index (χ2v) is 9.17. The molecule has 4 rings (SSSR count). The van der Waals surface area contributed by atoms with Gasteiger partial charge in [-0.15, -0.1) is 0 Å². The van der Waals surface area contributed by atoms with Gasteiger partial charge in [0, 0.05) is 58.3 Å². The number of anilines is 1. The van der Waals surface area contributed by atoms with Crippen LogP contribution >= 0.6 is 0 Å². The van der Waals surface area contributed by atoms with E-state index in [0.717, 1.165) is 37.3 Å². The molecule has 1 aliphatic rings. The molecule has 3 aromatic carbocycles. The molecule has 1 heterocycles. The zero-order valence-electron chi connectivity index (χ0n) is 20.8. The minimum Gasteiger partial charge on any atom is -0.340 e. The first kappa shape index (κ1) is 26.3. The summed E-state index contributed by atoms with van der Waals surface area (Å²) < 4.78 is 27.4. The molecule has 8 heteroatoms. The second kappa shape index (κ2) is 13.0. The Hall–Kier alpha value is -3.78. The van der Waals surface area contributed by atoms with Gasteiger partial charge in [0.1, 0.15) is 11.6 Å². The number of carbonyl (C=O) groups is 2. The van der Waals surface area contributed by atoms with Crippen LogP contribution in [0.25, 0.3) is 0 Å². The Balaban J connectivity index is 1.32. The van der Waals surface area contributed by atoms with Crippen molar-refractivity contribution in [3.05, 3.63) is 102 Å². The molecule has 1 aliphatic heterocycles. The number of hydrogen-bond donors (Lipinski definition) is 1. The summed E-state index contributed by atoms with van der Waals surface area (Å²) in [5.74, 6) is -1.57. The minimum absolute atomic E-state index is 0.00941. The van der Waals surface area contributed by atoms with Gasteiger partial charge in [-0.25, -0.2) is 13.6 Å². The van der Waals surface area contributed by atoms with E-state index in [0.29, 0.717) is 26.1 Å². The molecule has 1 N–H and O–H groups in total. The Morgan fingerprint density at radius 2 is 1.46 bits per heavy atom. The molecular weight excluding hydrogens is 474 g/mol. The highest BCUT2D eigenvalue weighted by Gasteiger charge is 2.23. The van der Waals surface area contributed by atoms with Gasteiger partial charge in [0.15, 0.2) is 0 Å². The van der Waals surface area contributed by atoms with E-state index in [-0.39, 0.29) is 24.6 Å². The maximum absolute atomic E-state index is 14.1. The van der Waals surface area contributed by atoms with Crippen LogP contribution in [0.1, 0.15) is 17.5 Å². The summed E-state index contributed by atoms with van der Waals surface area (Å²) >= 11 is 0. The van der Waals surface area contributed by atoms with Gasteiger partial charge in [-0.05, 0) is 29.7 Å². The fourth-order valence-corrected chi connectivity index (χ4v) is 4.39. The van der Waals surface area contributed by atoms with Crippen molar-refractivity contribution in [2.75, 3.05) is 44.6 Å². The monoisotopic (exact) mass is 506 g/mol. The highest BCUT2D eigenvalue weighted by atomic mass is 19.1. The Labute approximate surface area is 216 Å². The first-order valence-electron chi connectivity index (χ1n) is 12.6. The highest BCUT2D eigenvalue weighted by molar-refractivity contribution is 5.89. The molecule has 0 aromatic heterocycles. The Morgan fingerprint density at radius 1 is 0.811 bits per heavy atom. The average Bonchev–Trinajstić information content (AvgIpc) is 2.91. The summed E-state index contributed by atoms with van der Waals surface area (Å²) in [4.78, 5) is 31.6. The first-order valence-corrected chi connectivity index (χ1v) is 12.6. The molecule has 194 valence electrons. The number of nitrogens with one attached hydrogen (secondary N) is 1. The fourth-order valence-electron chi connectivity index (χ4n) is 4.39. The molecule has 0 saturated carbocycles. The van der Waals surface area contributed by atoms with Crippen molar-refractivity contribution in [2.24, 2.45) is 0 Å². The van der Waals surface area contributed by atoms with E-state index in [9.17, 15) is 18.4 Å². The summed E-state index contributed by atoms with van der Waals surface area (Å²) in [5.41, 5.74) is 2.20. The molecule has 3 amide bonds. The van der Waals surface area contributed by atoms with Gasteiger partial charge in [0.05, 0.1) is 5.69 Å². The van der Waals surface area contributed by atoms with Gasteiger partial charge in [0.2, 0.25) is 5.91 Å². The molecule has 0 bridgehead atoms. The SMILES string of the molecule is O=C(CCN(CCc1ccccc1)C(=O)Nc1ccc(F)cc1F)N1CCN(Cc2ccccc2)CC1. The van der Waals surface area contributed by atoms with Gasteiger partial charge in [-0.3, -0.25) is 9.69 Å². The molecular formula is C29H32F2N4O2. The second-order valence-electron chi connectivity index (χ2n) is 9.17. The number of urea groups is 1. The van der Waals surface area contributed by atoms with Crippen molar-refractivity contribution < 1.29 is 18.4 Å². The van der Waals surface area contributed by atoms with Gasteiger partial charge < -0.3 is 15.1 Å². The van der Waals surface area contributed by atoms with Crippen LogP contribution in [0, 0.1) is 11.6 Å². The van der Waals surface area contributed by atoms with Crippen molar-refractivity contribution in [1.29, 1.82) is 0 Å². The summed E-state index contributed by atoms with van der Waals surface area (Å²) in [5, 5.41) is 2.52. The van der Waals surface area contributed by atoms with Crippen LogP contribution in [0.5, 0.6) is 0 Å². The van der Waals surface area contributed by atoms with Gasteiger partial charge >= 0.3 is 6.03 Å². The van der Waals surface area contributed by atoms with E-state index in [1.165, 1.54) is 16.5 Å². The van der Waals surface area contributed by atoms with E-state index in [1.807, 2.05) is 53.4 Å². The number of amides is 3. The molecule has 1 saturated heterocycles. The van der Waals surface area contributed by atoms with Crippen LogP contribution in [0.2, 0.25) is 0 Å².